The van der Waals surface area contributed by atoms with E-state index in [2.05, 4.69) is 20.6 Å². The first-order valence-electron chi connectivity index (χ1n) is 7.05. The number of ether oxygens (including phenoxy) is 3. The van der Waals surface area contributed by atoms with Gasteiger partial charge in [0.2, 0.25) is 18.5 Å². The number of hydrogen-bond donors (Lipinski definition) is 2. The Hall–Kier alpha value is -2.54. The molecule has 0 radical (unpaired) electrons. The quantitative estimate of drug-likeness (QED) is 0.749. The van der Waals surface area contributed by atoms with Gasteiger partial charge >= 0.3 is 0 Å². The lowest BCUT2D eigenvalue weighted by atomic mass is 10.2. The number of methoxy groups -OCH3 is 1. The third kappa shape index (κ3) is 3.37. The fourth-order valence-electron chi connectivity index (χ4n) is 2.17. The molecule has 0 amide bonds. The largest absolute Gasteiger partial charge is 0.493 e. The van der Waals surface area contributed by atoms with Gasteiger partial charge in [-0.15, -0.1) is 0 Å². The number of nitrogens with zero attached hydrogens (tertiary/aromatic N) is 2. The van der Waals surface area contributed by atoms with Gasteiger partial charge in [-0.3, -0.25) is 0 Å². The fourth-order valence-corrected chi connectivity index (χ4v) is 2.17. The van der Waals surface area contributed by atoms with Gasteiger partial charge < -0.3 is 24.8 Å². The van der Waals surface area contributed by atoms with E-state index in [0.717, 1.165) is 24.4 Å². The summed E-state index contributed by atoms with van der Waals surface area (Å²) < 4.78 is 16.1. The van der Waals surface area contributed by atoms with Gasteiger partial charge in [-0.2, -0.15) is 0 Å². The minimum atomic E-state index is 0.240. The lowest BCUT2D eigenvalue weighted by molar-refractivity contribution is 0.171. The number of rotatable bonds is 7. The predicted octanol–water partition coefficient (Wildman–Crippen LogP) is 1.42. The van der Waals surface area contributed by atoms with Crippen LogP contribution in [0.3, 0.4) is 0 Å². The van der Waals surface area contributed by atoms with Gasteiger partial charge in [0.1, 0.15) is 0 Å². The third-order valence-corrected chi connectivity index (χ3v) is 3.20. The van der Waals surface area contributed by atoms with Crippen molar-refractivity contribution < 1.29 is 14.2 Å². The van der Waals surface area contributed by atoms with E-state index in [9.17, 15) is 0 Å². The van der Waals surface area contributed by atoms with Crippen LogP contribution in [0.4, 0.5) is 5.95 Å². The topological polar surface area (TPSA) is 77.5 Å². The smallest absolute Gasteiger partial charge is 0.231 e. The van der Waals surface area contributed by atoms with Crippen LogP contribution < -0.4 is 24.8 Å². The van der Waals surface area contributed by atoms with E-state index < -0.39 is 0 Å². The molecular weight excluding hydrogens is 284 g/mol. The predicted molar refractivity (Wildman–Crippen MR) is 81.3 cm³/mol. The summed E-state index contributed by atoms with van der Waals surface area (Å²) in [4.78, 5) is 8.20. The van der Waals surface area contributed by atoms with Crippen LogP contribution in [0.1, 0.15) is 5.56 Å². The molecule has 2 aromatic rings. The van der Waals surface area contributed by atoms with Crippen molar-refractivity contribution in [1.29, 1.82) is 0 Å². The van der Waals surface area contributed by atoms with Crippen LogP contribution in [0.5, 0.6) is 17.2 Å². The van der Waals surface area contributed by atoms with Crippen molar-refractivity contribution in [2.45, 2.75) is 6.54 Å². The van der Waals surface area contributed by atoms with Gasteiger partial charge in [0.05, 0.1) is 7.11 Å². The standard InChI is InChI=1S/C15H18N4O3/c1-20-12-7-11(8-13-14(12)22-10-21-13)9-16-5-6-19-15-17-3-2-4-18-15/h2-4,7-8,16H,5-6,9-10H2,1H3,(H,17,18,19). The summed E-state index contributed by atoms with van der Waals surface area (Å²) in [6.45, 7) is 2.48. The summed E-state index contributed by atoms with van der Waals surface area (Å²) in [5.74, 6) is 2.73. The van der Waals surface area contributed by atoms with E-state index in [1.165, 1.54) is 0 Å². The molecule has 0 saturated carbocycles. The summed E-state index contributed by atoms with van der Waals surface area (Å²) >= 11 is 0. The molecule has 0 spiro atoms. The van der Waals surface area contributed by atoms with Gasteiger partial charge in [-0.05, 0) is 23.8 Å². The maximum absolute atomic E-state index is 5.41. The lowest BCUT2D eigenvalue weighted by Gasteiger charge is -2.09. The molecule has 0 saturated heterocycles. The van der Waals surface area contributed by atoms with Crippen LogP contribution in [-0.4, -0.2) is 37.0 Å². The Morgan fingerprint density at radius 2 is 2.05 bits per heavy atom. The highest BCUT2D eigenvalue weighted by Crippen LogP contribution is 2.41. The van der Waals surface area contributed by atoms with Gasteiger partial charge in [0.25, 0.3) is 0 Å². The SMILES string of the molecule is COc1cc(CNCCNc2ncccn2)cc2c1OCO2. The molecule has 22 heavy (non-hydrogen) atoms. The maximum atomic E-state index is 5.41. The minimum absolute atomic E-state index is 0.240. The zero-order chi connectivity index (χ0) is 15.2. The summed E-state index contributed by atoms with van der Waals surface area (Å²) in [6.07, 6.45) is 3.42. The number of benzene rings is 1. The van der Waals surface area contributed by atoms with Gasteiger partial charge in [-0.1, -0.05) is 0 Å². The summed E-state index contributed by atoms with van der Waals surface area (Å²) in [6, 6.07) is 5.70. The van der Waals surface area contributed by atoms with E-state index in [1.54, 1.807) is 25.6 Å². The van der Waals surface area contributed by atoms with Crippen molar-refractivity contribution in [2.75, 3.05) is 32.3 Å². The molecule has 2 heterocycles. The molecule has 116 valence electrons. The molecule has 0 atom stereocenters. The molecule has 3 rings (SSSR count). The first kappa shape index (κ1) is 14.4. The Kier molecular flexibility index (Phi) is 4.55. The Morgan fingerprint density at radius 3 is 2.86 bits per heavy atom. The van der Waals surface area contributed by atoms with Crippen LogP contribution >= 0.6 is 0 Å². The molecule has 2 N–H and O–H groups in total. The van der Waals surface area contributed by atoms with Crippen molar-refractivity contribution in [2.24, 2.45) is 0 Å². The average molecular weight is 302 g/mol. The van der Waals surface area contributed by atoms with E-state index in [0.29, 0.717) is 24.0 Å². The van der Waals surface area contributed by atoms with Crippen molar-refractivity contribution >= 4 is 5.95 Å². The van der Waals surface area contributed by atoms with Crippen LogP contribution in [0.25, 0.3) is 0 Å². The number of hydrogen-bond acceptors (Lipinski definition) is 7. The molecule has 7 heteroatoms. The van der Waals surface area contributed by atoms with Gasteiger partial charge in [0.15, 0.2) is 11.5 Å². The Bertz CT molecular complexity index is 622. The highest BCUT2D eigenvalue weighted by molar-refractivity contribution is 5.55. The number of anilines is 1. The second kappa shape index (κ2) is 6.95. The Morgan fingerprint density at radius 1 is 1.18 bits per heavy atom. The van der Waals surface area contributed by atoms with Crippen molar-refractivity contribution in [1.82, 2.24) is 15.3 Å². The highest BCUT2D eigenvalue weighted by Gasteiger charge is 2.19. The van der Waals surface area contributed by atoms with Crippen LogP contribution in [-0.2, 0) is 6.54 Å². The summed E-state index contributed by atoms with van der Waals surface area (Å²) in [5.41, 5.74) is 1.08. The first-order valence-corrected chi connectivity index (χ1v) is 7.05. The number of aromatic nitrogens is 2. The zero-order valence-electron chi connectivity index (χ0n) is 12.3. The highest BCUT2D eigenvalue weighted by atomic mass is 16.7. The number of fused-ring (bicyclic) bond motifs is 1. The second-order valence-corrected chi connectivity index (χ2v) is 4.71. The first-order chi connectivity index (χ1) is 10.9. The van der Waals surface area contributed by atoms with Crippen molar-refractivity contribution in [3.05, 3.63) is 36.2 Å². The molecule has 0 fully saturated rings. The normalized spacial score (nSPS) is 12.2. The van der Waals surface area contributed by atoms with E-state index >= 15 is 0 Å². The van der Waals surface area contributed by atoms with Crippen molar-refractivity contribution in [3.8, 4) is 17.2 Å². The molecule has 1 aromatic heterocycles. The Balaban J connectivity index is 1.48. The molecule has 1 aliphatic heterocycles. The van der Waals surface area contributed by atoms with E-state index in [1.807, 2.05) is 12.1 Å². The molecule has 0 unspecified atom stereocenters. The summed E-state index contributed by atoms with van der Waals surface area (Å²) in [7, 11) is 1.62. The van der Waals surface area contributed by atoms with Crippen LogP contribution in [0.15, 0.2) is 30.6 Å². The number of nitrogens with one attached hydrogen (secondary N) is 2. The molecule has 1 aromatic carbocycles. The molecular formula is C15H18N4O3. The third-order valence-electron chi connectivity index (χ3n) is 3.20. The molecule has 7 nitrogen and oxygen atoms in total. The molecule has 1 aliphatic rings. The monoisotopic (exact) mass is 302 g/mol. The van der Waals surface area contributed by atoms with E-state index in [4.69, 9.17) is 14.2 Å². The second-order valence-electron chi connectivity index (χ2n) is 4.71. The fraction of sp³-hybridized carbons (Fsp3) is 0.333. The van der Waals surface area contributed by atoms with Crippen LogP contribution in [0.2, 0.25) is 0 Å². The van der Waals surface area contributed by atoms with Gasteiger partial charge in [-0.25, -0.2) is 9.97 Å². The van der Waals surface area contributed by atoms with Crippen molar-refractivity contribution in [3.63, 3.8) is 0 Å². The maximum Gasteiger partial charge on any atom is 0.231 e. The molecule has 0 aliphatic carbocycles. The Labute approximate surface area is 128 Å². The molecule has 0 bridgehead atoms. The lowest BCUT2D eigenvalue weighted by Crippen LogP contribution is -2.22. The zero-order valence-corrected chi connectivity index (χ0v) is 12.3. The van der Waals surface area contributed by atoms with Gasteiger partial charge in [0, 0.05) is 32.0 Å². The van der Waals surface area contributed by atoms with Crippen LogP contribution in [0, 0.1) is 0 Å². The average Bonchev–Trinajstić information content (AvgIpc) is 3.03. The minimum Gasteiger partial charge on any atom is -0.493 e. The van der Waals surface area contributed by atoms with E-state index in [-0.39, 0.29) is 6.79 Å². The summed E-state index contributed by atoms with van der Waals surface area (Å²) in [5, 5.41) is 6.49.